The van der Waals surface area contributed by atoms with Crippen molar-refractivity contribution in [3.8, 4) is 0 Å². The molecule has 0 aliphatic heterocycles. The first-order chi connectivity index (χ1) is 9.08. The van der Waals surface area contributed by atoms with E-state index >= 15 is 0 Å². The Morgan fingerprint density at radius 2 is 2.16 bits per heavy atom. The minimum Gasteiger partial charge on any atom is -0.352 e. The Labute approximate surface area is 129 Å². The SMILES string of the molecule is CCCC[C@H](CC)CNC(=O)c1cc(Br)ccc1Cl. The van der Waals surface area contributed by atoms with Gasteiger partial charge in [-0.1, -0.05) is 60.6 Å². The van der Waals surface area contributed by atoms with Gasteiger partial charge in [0.15, 0.2) is 0 Å². The van der Waals surface area contributed by atoms with Crippen LogP contribution >= 0.6 is 27.5 Å². The summed E-state index contributed by atoms with van der Waals surface area (Å²) in [6, 6.07) is 5.31. The lowest BCUT2D eigenvalue weighted by Crippen LogP contribution is -2.29. The van der Waals surface area contributed by atoms with Crippen LogP contribution in [0.5, 0.6) is 0 Å². The van der Waals surface area contributed by atoms with E-state index in [0.29, 0.717) is 16.5 Å². The molecular weight excluding hydrogens is 326 g/mol. The van der Waals surface area contributed by atoms with Crippen LogP contribution in [0.25, 0.3) is 0 Å². The van der Waals surface area contributed by atoms with Gasteiger partial charge in [0.25, 0.3) is 5.91 Å². The van der Waals surface area contributed by atoms with Gasteiger partial charge >= 0.3 is 0 Å². The zero-order valence-electron chi connectivity index (χ0n) is 11.5. The van der Waals surface area contributed by atoms with E-state index < -0.39 is 0 Å². The van der Waals surface area contributed by atoms with Crippen LogP contribution in [0.4, 0.5) is 0 Å². The van der Waals surface area contributed by atoms with E-state index in [1.165, 1.54) is 19.3 Å². The van der Waals surface area contributed by atoms with Gasteiger partial charge in [0, 0.05) is 11.0 Å². The van der Waals surface area contributed by atoms with Crippen molar-refractivity contribution in [1.29, 1.82) is 0 Å². The van der Waals surface area contributed by atoms with Crippen molar-refractivity contribution in [3.05, 3.63) is 33.3 Å². The molecule has 2 nitrogen and oxygen atoms in total. The summed E-state index contributed by atoms with van der Waals surface area (Å²) in [6.07, 6.45) is 4.67. The highest BCUT2D eigenvalue weighted by Crippen LogP contribution is 2.21. The predicted octanol–water partition coefficient (Wildman–Crippen LogP) is 5.05. The third-order valence-electron chi connectivity index (χ3n) is 3.27. The van der Waals surface area contributed by atoms with Crippen molar-refractivity contribution < 1.29 is 4.79 Å². The summed E-state index contributed by atoms with van der Waals surface area (Å²) in [5.74, 6) is 0.455. The van der Waals surface area contributed by atoms with Crippen molar-refractivity contribution in [1.82, 2.24) is 5.32 Å². The van der Waals surface area contributed by atoms with E-state index in [2.05, 4.69) is 35.1 Å². The topological polar surface area (TPSA) is 29.1 Å². The second-order valence-electron chi connectivity index (χ2n) is 4.75. The van der Waals surface area contributed by atoms with Crippen molar-refractivity contribution >= 4 is 33.4 Å². The predicted molar refractivity (Wildman–Crippen MR) is 84.8 cm³/mol. The number of nitrogens with one attached hydrogen (secondary N) is 1. The van der Waals surface area contributed by atoms with Gasteiger partial charge in [-0.05, 0) is 30.5 Å². The number of hydrogen-bond acceptors (Lipinski definition) is 1. The number of carbonyl (C=O) groups excluding carboxylic acids is 1. The van der Waals surface area contributed by atoms with Crippen molar-refractivity contribution in [3.63, 3.8) is 0 Å². The van der Waals surface area contributed by atoms with Crippen molar-refractivity contribution in [2.24, 2.45) is 5.92 Å². The molecule has 1 aromatic rings. The number of halogens is 2. The van der Waals surface area contributed by atoms with Crippen LogP contribution in [0.2, 0.25) is 5.02 Å². The van der Waals surface area contributed by atoms with Gasteiger partial charge in [0.2, 0.25) is 0 Å². The number of carbonyl (C=O) groups is 1. The van der Waals surface area contributed by atoms with Crippen LogP contribution in [0.3, 0.4) is 0 Å². The quantitative estimate of drug-likeness (QED) is 0.735. The zero-order chi connectivity index (χ0) is 14.3. The highest BCUT2D eigenvalue weighted by atomic mass is 79.9. The van der Waals surface area contributed by atoms with E-state index in [4.69, 9.17) is 11.6 Å². The molecule has 1 atom stereocenters. The van der Waals surface area contributed by atoms with Gasteiger partial charge in [-0.25, -0.2) is 0 Å². The van der Waals surface area contributed by atoms with E-state index in [1.54, 1.807) is 12.1 Å². The summed E-state index contributed by atoms with van der Waals surface area (Å²) in [7, 11) is 0. The van der Waals surface area contributed by atoms with E-state index in [0.717, 1.165) is 17.4 Å². The fraction of sp³-hybridized carbons (Fsp3) is 0.533. The molecule has 4 heteroatoms. The maximum absolute atomic E-state index is 12.1. The maximum atomic E-state index is 12.1. The molecule has 0 aromatic heterocycles. The largest absolute Gasteiger partial charge is 0.352 e. The number of benzene rings is 1. The summed E-state index contributed by atoms with van der Waals surface area (Å²) in [6.45, 7) is 5.07. The van der Waals surface area contributed by atoms with Gasteiger partial charge < -0.3 is 5.32 Å². The lowest BCUT2D eigenvalue weighted by atomic mass is 9.99. The fourth-order valence-corrected chi connectivity index (χ4v) is 2.51. The first-order valence-corrected chi connectivity index (χ1v) is 7.98. The molecule has 1 rings (SSSR count). The Kier molecular flexibility index (Phi) is 7.47. The number of unbranched alkanes of at least 4 members (excludes halogenated alkanes) is 1. The molecule has 0 heterocycles. The minimum absolute atomic E-state index is 0.0961. The lowest BCUT2D eigenvalue weighted by Gasteiger charge is -2.15. The van der Waals surface area contributed by atoms with Gasteiger partial charge in [-0.3, -0.25) is 4.79 Å². The molecule has 1 aromatic carbocycles. The maximum Gasteiger partial charge on any atom is 0.252 e. The van der Waals surface area contributed by atoms with Gasteiger partial charge in [-0.15, -0.1) is 0 Å². The molecule has 0 aliphatic rings. The van der Waals surface area contributed by atoms with E-state index in [-0.39, 0.29) is 5.91 Å². The average Bonchev–Trinajstić information content (AvgIpc) is 2.41. The zero-order valence-corrected chi connectivity index (χ0v) is 13.9. The summed E-state index contributed by atoms with van der Waals surface area (Å²) in [5.41, 5.74) is 0.529. The fourth-order valence-electron chi connectivity index (χ4n) is 1.95. The summed E-state index contributed by atoms with van der Waals surface area (Å²) in [5, 5.41) is 3.47. The molecule has 0 spiro atoms. The van der Waals surface area contributed by atoms with Crippen LogP contribution in [0.1, 0.15) is 49.9 Å². The van der Waals surface area contributed by atoms with Crippen molar-refractivity contribution in [2.45, 2.75) is 39.5 Å². The Morgan fingerprint density at radius 3 is 2.79 bits per heavy atom. The molecule has 106 valence electrons. The third-order valence-corrected chi connectivity index (χ3v) is 4.09. The smallest absolute Gasteiger partial charge is 0.252 e. The molecular formula is C15H21BrClNO. The normalized spacial score (nSPS) is 12.2. The molecule has 0 radical (unpaired) electrons. The molecule has 0 saturated carbocycles. The van der Waals surface area contributed by atoms with Gasteiger partial charge in [-0.2, -0.15) is 0 Å². The highest BCUT2D eigenvalue weighted by Gasteiger charge is 2.13. The van der Waals surface area contributed by atoms with Crippen molar-refractivity contribution in [2.75, 3.05) is 6.54 Å². The molecule has 0 saturated heterocycles. The summed E-state index contributed by atoms with van der Waals surface area (Å²) < 4.78 is 0.861. The highest BCUT2D eigenvalue weighted by molar-refractivity contribution is 9.10. The molecule has 0 aliphatic carbocycles. The molecule has 0 fully saturated rings. The minimum atomic E-state index is -0.0961. The first-order valence-electron chi connectivity index (χ1n) is 6.81. The van der Waals surface area contributed by atoms with Gasteiger partial charge in [0.1, 0.15) is 0 Å². The second kappa shape index (κ2) is 8.60. The number of hydrogen-bond donors (Lipinski definition) is 1. The number of rotatable bonds is 7. The monoisotopic (exact) mass is 345 g/mol. The third kappa shape index (κ3) is 5.53. The number of amides is 1. The Bertz CT molecular complexity index is 423. The molecule has 19 heavy (non-hydrogen) atoms. The van der Waals surface area contributed by atoms with Gasteiger partial charge in [0.05, 0.1) is 10.6 Å². The second-order valence-corrected chi connectivity index (χ2v) is 6.07. The van der Waals surface area contributed by atoms with Crippen LogP contribution in [0.15, 0.2) is 22.7 Å². The standard InChI is InChI=1S/C15H21BrClNO/c1-3-5-6-11(4-2)10-18-15(19)13-9-12(16)7-8-14(13)17/h7-9,11H,3-6,10H2,1-2H3,(H,18,19)/t11-/m0/s1. The average molecular weight is 347 g/mol. The van der Waals surface area contributed by atoms with E-state index in [9.17, 15) is 4.79 Å². The van der Waals surface area contributed by atoms with E-state index in [1.807, 2.05) is 6.07 Å². The lowest BCUT2D eigenvalue weighted by molar-refractivity contribution is 0.0946. The molecule has 0 bridgehead atoms. The Morgan fingerprint density at radius 1 is 1.42 bits per heavy atom. The molecule has 0 unspecified atom stereocenters. The summed E-state index contributed by atoms with van der Waals surface area (Å²) in [4.78, 5) is 12.1. The van der Waals surface area contributed by atoms with Crippen LogP contribution < -0.4 is 5.32 Å². The summed E-state index contributed by atoms with van der Waals surface area (Å²) >= 11 is 9.40. The Balaban J connectivity index is 2.56. The molecule has 1 N–H and O–H groups in total. The molecule has 1 amide bonds. The van der Waals surface area contributed by atoms with Crippen LogP contribution in [-0.4, -0.2) is 12.5 Å². The Hall–Kier alpha value is -0.540. The van der Waals surface area contributed by atoms with Crippen LogP contribution in [0, 0.1) is 5.92 Å². The first kappa shape index (κ1) is 16.5. The van der Waals surface area contributed by atoms with Crippen LogP contribution in [-0.2, 0) is 0 Å².